The van der Waals surface area contributed by atoms with Crippen molar-refractivity contribution in [2.24, 2.45) is 0 Å². The Morgan fingerprint density at radius 1 is 1.21 bits per heavy atom. The zero-order valence-electron chi connectivity index (χ0n) is 10.2. The highest BCUT2D eigenvalue weighted by Gasteiger charge is 2.12. The largest absolute Gasteiger partial charge is 0.467 e. The van der Waals surface area contributed by atoms with E-state index in [0.29, 0.717) is 19.2 Å². The molecule has 0 fully saturated rings. The number of rotatable bonds is 3. The molecule has 0 unspecified atom stereocenters. The second-order valence-corrected chi connectivity index (χ2v) is 4.35. The summed E-state index contributed by atoms with van der Waals surface area (Å²) >= 11 is 5.79. The monoisotopic (exact) mass is 278 g/mol. The highest BCUT2D eigenvalue weighted by Crippen LogP contribution is 2.25. The van der Waals surface area contributed by atoms with E-state index in [0.717, 1.165) is 11.3 Å². The van der Waals surface area contributed by atoms with Crippen LogP contribution in [0.4, 0.5) is 11.6 Å². The number of hydrogen-bond donors (Lipinski definition) is 1. The summed E-state index contributed by atoms with van der Waals surface area (Å²) in [6.45, 7) is 1.30. The lowest BCUT2D eigenvalue weighted by Gasteiger charge is -2.07. The van der Waals surface area contributed by atoms with Crippen LogP contribution in [0.3, 0.4) is 0 Å². The third-order valence-corrected chi connectivity index (χ3v) is 2.92. The van der Waals surface area contributed by atoms with Crippen LogP contribution in [0.15, 0.2) is 18.2 Å². The van der Waals surface area contributed by atoms with Crippen molar-refractivity contribution in [3.8, 4) is 6.01 Å². The van der Waals surface area contributed by atoms with Gasteiger partial charge in [0, 0.05) is 5.69 Å². The minimum absolute atomic E-state index is 0.0823. The summed E-state index contributed by atoms with van der Waals surface area (Å²) in [6.07, 6.45) is 0. The van der Waals surface area contributed by atoms with Crippen molar-refractivity contribution < 1.29 is 9.47 Å². The van der Waals surface area contributed by atoms with E-state index in [1.807, 2.05) is 18.2 Å². The normalized spacial score (nSPS) is 13.2. The Labute approximate surface area is 114 Å². The highest BCUT2D eigenvalue weighted by atomic mass is 35.5. The van der Waals surface area contributed by atoms with Gasteiger partial charge in [-0.2, -0.15) is 15.0 Å². The van der Waals surface area contributed by atoms with Crippen LogP contribution < -0.4 is 10.1 Å². The Bertz CT molecular complexity index is 621. The summed E-state index contributed by atoms with van der Waals surface area (Å²) in [5, 5.41) is 3.15. The van der Waals surface area contributed by atoms with E-state index in [2.05, 4.69) is 20.3 Å². The van der Waals surface area contributed by atoms with Gasteiger partial charge in [0.1, 0.15) is 0 Å². The molecule has 1 aliphatic rings. The van der Waals surface area contributed by atoms with Crippen LogP contribution in [0.5, 0.6) is 6.01 Å². The van der Waals surface area contributed by atoms with E-state index >= 15 is 0 Å². The van der Waals surface area contributed by atoms with Gasteiger partial charge in [-0.05, 0) is 34.9 Å². The molecular formula is C12H11ClN4O2. The Kier molecular flexibility index (Phi) is 3.18. The van der Waals surface area contributed by atoms with Gasteiger partial charge in [-0.15, -0.1) is 0 Å². The number of aromatic nitrogens is 3. The molecule has 0 radical (unpaired) electrons. The summed E-state index contributed by atoms with van der Waals surface area (Å²) < 4.78 is 10.3. The molecule has 1 N–H and O–H groups in total. The molecular weight excluding hydrogens is 268 g/mol. The first kappa shape index (κ1) is 12.1. The highest BCUT2D eigenvalue weighted by molar-refractivity contribution is 6.28. The molecule has 0 saturated carbocycles. The first-order valence-corrected chi connectivity index (χ1v) is 6.04. The number of ether oxygens (including phenoxy) is 2. The number of benzene rings is 1. The van der Waals surface area contributed by atoms with Gasteiger partial charge in [0.25, 0.3) is 0 Å². The number of halogens is 1. The maximum absolute atomic E-state index is 5.79. The van der Waals surface area contributed by atoms with Crippen LogP contribution >= 0.6 is 11.6 Å². The number of hydrogen-bond acceptors (Lipinski definition) is 6. The fourth-order valence-corrected chi connectivity index (χ4v) is 2.01. The summed E-state index contributed by atoms with van der Waals surface area (Å²) in [5.74, 6) is 0.343. The number of fused-ring (bicyclic) bond motifs is 1. The molecule has 0 atom stereocenters. The quantitative estimate of drug-likeness (QED) is 0.929. The molecule has 1 aromatic heterocycles. The average Bonchev–Trinajstić information content (AvgIpc) is 2.85. The molecule has 0 bridgehead atoms. The standard InChI is InChI=1S/C12H11ClN4O2/c1-18-12-16-10(13)15-11(17-12)14-9-3-2-7-5-19-6-8(7)4-9/h2-4H,5-6H2,1H3,(H,14,15,16,17). The lowest BCUT2D eigenvalue weighted by Crippen LogP contribution is -2.02. The predicted molar refractivity (Wildman–Crippen MR) is 69.6 cm³/mol. The fraction of sp³-hybridized carbons (Fsp3) is 0.250. The number of nitrogens with one attached hydrogen (secondary N) is 1. The maximum Gasteiger partial charge on any atom is 0.322 e. The summed E-state index contributed by atoms with van der Waals surface area (Å²) in [5.41, 5.74) is 3.24. The Balaban J connectivity index is 1.86. The number of anilines is 2. The van der Waals surface area contributed by atoms with Crippen molar-refractivity contribution in [3.05, 3.63) is 34.6 Å². The van der Waals surface area contributed by atoms with Crippen molar-refractivity contribution in [3.63, 3.8) is 0 Å². The SMILES string of the molecule is COc1nc(Cl)nc(Nc2ccc3c(c2)COC3)n1. The summed E-state index contributed by atoms with van der Waals surface area (Å²) in [7, 11) is 1.47. The van der Waals surface area contributed by atoms with Crippen molar-refractivity contribution in [1.82, 2.24) is 15.0 Å². The van der Waals surface area contributed by atoms with Gasteiger partial charge in [0.05, 0.1) is 20.3 Å². The first-order valence-electron chi connectivity index (χ1n) is 5.67. The van der Waals surface area contributed by atoms with Gasteiger partial charge >= 0.3 is 6.01 Å². The van der Waals surface area contributed by atoms with Gasteiger partial charge in [-0.25, -0.2) is 0 Å². The van der Waals surface area contributed by atoms with E-state index in [4.69, 9.17) is 21.1 Å². The van der Waals surface area contributed by atoms with Gasteiger partial charge in [0.2, 0.25) is 11.2 Å². The van der Waals surface area contributed by atoms with E-state index in [1.165, 1.54) is 12.7 Å². The van der Waals surface area contributed by atoms with Gasteiger partial charge in [-0.3, -0.25) is 0 Å². The Morgan fingerprint density at radius 2 is 2.05 bits per heavy atom. The van der Waals surface area contributed by atoms with Crippen LogP contribution in [0.1, 0.15) is 11.1 Å². The van der Waals surface area contributed by atoms with Gasteiger partial charge < -0.3 is 14.8 Å². The molecule has 2 aromatic rings. The molecule has 19 heavy (non-hydrogen) atoms. The molecule has 7 heteroatoms. The van der Waals surface area contributed by atoms with E-state index in [9.17, 15) is 0 Å². The maximum atomic E-state index is 5.79. The lowest BCUT2D eigenvalue weighted by molar-refractivity contribution is 0.134. The third kappa shape index (κ3) is 2.59. The molecule has 0 saturated heterocycles. The van der Waals surface area contributed by atoms with Crippen LogP contribution in [0, 0.1) is 0 Å². The summed E-state index contributed by atoms with van der Waals surface area (Å²) in [6, 6.07) is 6.14. The molecule has 6 nitrogen and oxygen atoms in total. The Morgan fingerprint density at radius 3 is 2.89 bits per heavy atom. The molecule has 0 spiro atoms. The fourth-order valence-electron chi connectivity index (χ4n) is 1.86. The zero-order valence-corrected chi connectivity index (χ0v) is 10.9. The molecule has 3 rings (SSSR count). The van der Waals surface area contributed by atoms with Gasteiger partial charge in [-0.1, -0.05) is 6.07 Å². The number of nitrogens with zero attached hydrogens (tertiary/aromatic N) is 3. The van der Waals surface area contributed by atoms with Crippen LogP contribution in [-0.2, 0) is 18.0 Å². The van der Waals surface area contributed by atoms with E-state index < -0.39 is 0 Å². The predicted octanol–water partition coefficient (Wildman–Crippen LogP) is 2.31. The topological polar surface area (TPSA) is 69.2 Å². The lowest BCUT2D eigenvalue weighted by atomic mass is 10.1. The van der Waals surface area contributed by atoms with E-state index in [1.54, 1.807) is 0 Å². The molecule has 0 aliphatic carbocycles. The smallest absolute Gasteiger partial charge is 0.322 e. The van der Waals surface area contributed by atoms with Crippen LogP contribution in [-0.4, -0.2) is 22.1 Å². The third-order valence-electron chi connectivity index (χ3n) is 2.75. The van der Waals surface area contributed by atoms with E-state index in [-0.39, 0.29) is 11.3 Å². The van der Waals surface area contributed by atoms with Crippen molar-refractivity contribution in [1.29, 1.82) is 0 Å². The second-order valence-electron chi connectivity index (χ2n) is 4.02. The molecule has 1 aliphatic heterocycles. The molecule has 1 aromatic carbocycles. The van der Waals surface area contributed by atoms with Crippen LogP contribution in [0.2, 0.25) is 5.28 Å². The zero-order chi connectivity index (χ0) is 13.2. The summed E-state index contributed by atoms with van der Waals surface area (Å²) in [4.78, 5) is 11.9. The Hall–Kier alpha value is -1.92. The van der Waals surface area contributed by atoms with Crippen molar-refractivity contribution >= 4 is 23.2 Å². The minimum atomic E-state index is 0.0823. The van der Waals surface area contributed by atoms with Gasteiger partial charge in [0.15, 0.2) is 0 Å². The molecule has 2 heterocycles. The first-order chi connectivity index (χ1) is 9.24. The van der Waals surface area contributed by atoms with Crippen LogP contribution in [0.25, 0.3) is 0 Å². The number of methoxy groups -OCH3 is 1. The average molecular weight is 279 g/mol. The molecule has 98 valence electrons. The molecule has 0 amide bonds. The second kappa shape index (κ2) is 4.99. The minimum Gasteiger partial charge on any atom is -0.467 e. The van der Waals surface area contributed by atoms with Crippen molar-refractivity contribution in [2.45, 2.75) is 13.2 Å². The van der Waals surface area contributed by atoms with Crippen molar-refractivity contribution in [2.75, 3.05) is 12.4 Å².